The number of aliphatic carboxylic acids is 1. The number of methoxy groups -OCH3 is 1. The van der Waals surface area contributed by atoms with Gasteiger partial charge in [-0.2, -0.15) is 0 Å². The predicted molar refractivity (Wildman–Crippen MR) is 75.6 cm³/mol. The van der Waals surface area contributed by atoms with E-state index in [9.17, 15) is 4.79 Å². The van der Waals surface area contributed by atoms with Crippen LogP contribution >= 0.6 is 0 Å². The van der Waals surface area contributed by atoms with Crippen molar-refractivity contribution in [3.8, 4) is 5.75 Å². The fourth-order valence-corrected chi connectivity index (χ4v) is 2.53. The molecule has 2 aromatic rings. The first-order valence-electron chi connectivity index (χ1n) is 6.01. The normalized spacial score (nSPS) is 11.4. The van der Waals surface area contributed by atoms with Gasteiger partial charge in [-0.25, -0.2) is 4.79 Å². The van der Waals surface area contributed by atoms with Crippen molar-refractivity contribution in [2.75, 3.05) is 7.11 Å². The van der Waals surface area contributed by atoms with Crippen LogP contribution in [0.25, 0.3) is 17.0 Å². The highest BCUT2D eigenvalue weighted by Crippen LogP contribution is 2.34. The second kappa shape index (κ2) is 4.80. The number of carboxylic acid groups (broad SMARTS) is 1. The van der Waals surface area contributed by atoms with Gasteiger partial charge in [-0.05, 0) is 37.1 Å². The zero-order valence-electron chi connectivity index (χ0n) is 11.5. The summed E-state index contributed by atoms with van der Waals surface area (Å²) in [6.45, 7) is 4.04. The molecule has 1 heterocycles. The van der Waals surface area contributed by atoms with Gasteiger partial charge < -0.3 is 14.4 Å². The molecule has 0 saturated carbocycles. The summed E-state index contributed by atoms with van der Waals surface area (Å²) in [4.78, 5) is 10.7. The van der Waals surface area contributed by atoms with E-state index in [4.69, 9.17) is 9.84 Å². The SMILES string of the molecule is COc1ccc(C)c2c(C)c(/C=C/C(=O)O)n(C)c12. The summed E-state index contributed by atoms with van der Waals surface area (Å²) in [5.41, 5.74) is 4.08. The van der Waals surface area contributed by atoms with Gasteiger partial charge >= 0.3 is 5.97 Å². The first-order valence-corrected chi connectivity index (χ1v) is 6.01. The van der Waals surface area contributed by atoms with Gasteiger partial charge in [-0.15, -0.1) is 0 Å². The Morgan fingerprint density at radius 1 is 1.37 bits per heavy atom. The molecule has 0 atom stereocenters. The molecule has 0 bridgehead atoms. The summed E-state index contributed by atoms with van der Waals surface area (Å²) in [6, 6.07) is 3.95. The Bertz CT molecular complexity index is 680. The Kier molecular flexibility index (Phi) is 3.34. The Hall–Kier alpha value is -2.23. The van der Waals surface area contributed by atoms with Crippen LogP contribution in [-0.4, -0.2) is 22.8 Å². The number of hydrogen-bond acceptors (Lipinski definition) is 2. The van der Waals surface area contributed by atoms with E-state index in [1.165, 1.54) is 0 Å². The molecule has 100 valence electrons. The van der Waals surface area contributed by atoms with Crippen LogP contribution in [0.3, 0.4) is 0 Å². The summed E-state index contributed by atoms with van der Waals surface area (Å²) < 4.78 is 7.36. The van der Waals surface area contributed by atoms with Crippen LogP contribution in [0.2, 0.25) is 0 Å². The maximum Gasteiger partial charge on any atom is 0.328 e. The van der Waals surface area contributed by atoms with Crippen molar-refractivity contribution in [2.45, 2.75) is 13.8 Å². The van der Waals surface area contributed by atoms with Crippen LogP contribution in [-0.2, 0) is 11.8 Å². The van der Waals surface area contributed by atoms with Crippen LogP contribution in [0.15, 0.2) is 18.2 Å². The number of carbonyl (C=O) groups is 1. The molecule has 4 nitrogen and oxygen atoms in total. The molecule has 1 aromatic heterocycles. The van der Waals surface area contributed by atoms with Crippen molar-refractivity contribution in [1.82, 2.24) is 4.57 Å². The third-order valence-corrected chi connectivity index (χ3v) is 3.41. The molecule has 0 fully saturated rings. The Morgan fingerprint density at radius 3 is 2.63 bits per heavy atom. The molecule has 0 spiro atoms. The minimum atomic E-state index is -0.951. The number of rotatable bonds is 3. The average Bonchev–Trinajstić information content (AvgIpc) is 2.61. The second-order valence-corrected chi connectivity index (χ2v) is 4.55. The van der Waals surface area contributed by atoms with Crippen molar-refractivity contribution in [1.29, 1.82) is 0 Å². The maximum atomic E-state index is 10.7. The third-order valence-electron chi connectivity index (χ3n) is 3.41. The fraction of sp³-hybridized carbons (Fsp3) is 0.267. The number of aryl methyl sites for hydroxylation is 3. The summed E-state index contributed by atoms with van der Waals surface area (Å²) in [6.07, 6.45) is 2.78. The first kappa shape index (κ1) is 13.2. The van der Waals surface area contributed by atoms with Gasteiger partial charge in [-0.3, -0.25) is 0 Å². The number of nitrogens with zero attached hydrogens (tertiary/aromatic N) is 1. The van der Waals surface area contributed by atoms with Crippen molar-refractivity contribution in [3.63, 3.8) is 0 Å². The molecule has 0 unspecified atom stereocenters. The number of benzene rings is 1. The topological polar surface area (TPSA) is 51.5 Å². The minimum Gasteiger partial charge on any atom is -0.495 e. The lowest BCUT2D eigenvalue weighted by molar-refractivity contribution is -0.131. The lowest BCUT2D eigenvalue weighted by atomic mass is 10.1. The highest BCUT2D eigenvalue weighted by molar-refractivity contribution is 5.96. The molecule has 0 aliphatic heterocycles. The van der Waals surface area contributed by atoms with Crippen molar-refractivity contribution < 1.29 is 14.6 Å². The van der Waals surface area contributed by atoms with Crippen LogP contribution in [0.1, 0.15) is 16.8 Å². The smallest absolute Gasteiger partial charge is 0.328 e. The molecule has 0 saturated heterocycles. The predicted octanol–water partition coefficient (Wildman–Crippen LogP) is 2.90. The summed E-state index contributed by atoms with van der Waals surface area (Å²) >= 11 is 0. The van der Waals surface area contributed by atoms with E-state index >= 15 is 0 Å². The summed E-state index contributed by atoms with van der Waals surface area (Å²) in [5.74, 6) is -0.158. The molecular formula is C15H17NO3. The summed E-state index contributed by atoms with van der Waals surface area (Å²) in [7, 11) is 3.55. The van der Waals surface area contributed by atoms with Crippen LogP contribution in [0.5, 0.6) is 5.75 Å². The van der Waals surface area contributed by atoms with E-state index in [2.05, 4.69) is 0 Å². The molecule has 2 rings (SSSR count). The molecule has 19 heavy (non-hydrogen) atoms. The standard InChI is InChI=1S/C15H17NO3/c1-9-5-7-12(19-4)15-14(9)10(2)11(16(15)3)6-8-13(17)18/h5-8H,1-4H3,(H,17,18)/b8-6+. The van der Waals surface area contributed by atoms with E-state index in [1.54, 1.807) is 13.2 Å². The first-order chi connectivity index (χ1) is 8.97. The van der Waals surface area contributed by atoms with Crippen molar-refractivity contribution in [2.24, 2.45) is 7.05 Å². The Labute approximate surface area is 111 Å². The zero-order chi connectivity index (χ0) is 14.2. The Balaban J connectivity index is 2.81. The molecule has 4 heteroatoms. The lowest BCUT2D eigenvalue weighted by Crippen LogP contribution is -1.95. The van der Waals surface area contributed by atoms with Crippen LogP contribution in [0, 0.1) is 13.8 Å². The van der Waals surface area contributed by atoms with E-state index in [0.29, 0.717) is 0 Å². The van der Waals surface area contributed by atoms with Gasteiger partial charge in [0.05, 0.1) is 12.6 Å². The van der Waals surface area contributed by atoms with E-state index in [-0.39, 0.29) is 0 Å². The summed E-state index contributed by atoms with van der Waals surface area (Å²) in [5, 5.41) is 9.88. The maximum absolute atomic E-state index is 10.7. The third kappa shape index (κ3) is 2.10. The van der Waals surface area contributed by atoms with Gasteiger partial charge in [-0.1, -0.05) is 6.07 Å². The van der Waals surface area contributed by atoms with Gasteiger partial charge in [0.15, 0.2) is 0 Å². The molecule has 1 aromatic carbocycles. The van der Waals surface area contributed by atoms with Crippen LogP contribution < -0.4 is 4.74 Å². The molecule has 0 radical (unpaired) electrons. The fourth-order valence-electron chi connectivity index (χ4n) is 2.53. The van der Waals surface area contributed by atoms with Crippen molar-refractivity contribution in [3.05, 3.63) is 35.0 Å². The van der Waals surface area contributed by atoms with Gasteiger partial charge in [0.2, 0.25) is 0 Å². The number of aromatic nitrogens is 1. The molecule has 0 aliphatic carbocycles. The largest absolute Gasteiger partial charge is 0.495 e. The second-order valence-electron chi connectivity index (χ2n) is 4.55. The van der Waals surface area contributed by atoms with Gasteiger partial charge in [0.25, 0.3) is 0 Å². The number of fused-ring (bicyclic) bond motifs is 1. The average molecular weight is 259 g/mol. The molecule has 1 N–H and O–H groups in total. The van der Waals surface area contributed by atoms with Gasteiger partial charge in [0.1, 0.15) is 5.75 Å². The van der Waals surface area contributed by atoms with Crippen LogP contribution in [0.4, 0.5) is 0 Å². The molecule has 0 amide bonds. The monoisotopic (exact) mass is 259 g/mol. The van der Waals surface area contributed by atoms with Gasteiger partial charge in [0, 0.05) is 24.2 Å². The van der Waals surface area contributed by atoms with E-state index in [1.807, 2.05) is 37.6 Å². The number of carboxylic acids is 1. The van der Waals surface area contributed by atoms with E-state index < -0.39 is 5.97 Å². The quantitative estimate of drug-likeness (QED) is 0.862. The molecule has 0 aliphatic rings. The Morgan fingerprint density at radius 2 is 2.05 bits per heavy atom. The van der Waals surface area contributed by atoms with Crippen molar-refractivity contribution >= 4 is 22.9 Å². The zero-order valence-corrected chi connectivity index (χ0v) is 11.5. The lowest BCUT2D eigenvalue weighted by Gasteiger charge is -2.06. The molecular weight excluding hydrogens is 242 g/mol. The highest BCUT2D eigenvalue weighted by atomic mass is 16.5. The highest BCUT2D eigenvalue weighted by Gasteiger charge is 2.15. The number of ether oxygens (including phenoxy) is 1. The van der Waals surface area contributed by atoms with E-state index in [0.717, 1.165) is 39.5 Å². The minimum absolute atomic E-state index is 0.793. The number of hydrogen-bond donors (Lipinski definition) is 1.